The predicted molar refractivity (Wildman–Crippen MR) is 52.2 cm³/mol. The van der Waals surface area contributed by atoms with E-state index >= 15 is 0 Å². The van der Waals surface area contributed by atoms with Crippen LogP contribution in [-0.2, 0) is 14.3 Å². The normalized spacial score (nSPS) is 18.7. The van der Waals surface area contributed by atoms with Gasteiger partial charge in [-0.3, -0.25) is 4.79 Å². The molecule has 6 heteroatoms. The number of aliphatic hydroxyl groups is 2. The third-order valence-electron chi connectivity index (χ3n) is 2.00. The van der Waals surface area contributed by atoms with Crippen molar-refractivity contribution < 1.29 is 24.5 Å². The Morgan fingerprint density at radius 3 is 2.27 bits per heavy atom. The Kier molecular flexibility index (Phi) is 6.07. The maximum atomic E-state index is 10.8. The van der Waals surface area contributed by atoms with Crippen LogP contribution >= 0.6 is 0 Å². The zero-order valence-electron chi connectivity index (χ0n) is 9.01. The molecule has 0 aromatic carbocycles. The minimum atomic E-state index is -1.28. The quantitative estimate of drug-likeness (QED) is 0.470. The maximum Gasteiger partial charge on any atom is 0.217 e. The molecule has 0 saturated heterocycles. The van der Waals surface area contributed by atoms with E-state index in [4.69, 9.17) is 4.74 Å². The van der Waals surface area contributed by atoms with Crippen LogP contribution in [0.2, 0.25) is 0 Å². The van der Waals surface area contributed by atoms with Crippen molar-refractivity contribution in [2.45, 2.75) is 38.2 Å². The highest BCUT2D eigenvalue weighted by atomic mass is 16.5. The van der Waals surface area contributed by atoms with Gasteiger partial charge in [0.15, 0.2) is 6.29 Å². The molecule has 3 N–H and O–H groups in total. The van der Waals surface area contributed by atoms with Crippen LogP contribution in [0.25, 0.3) is 0 Å². The van der Waals surface area contributed by atoms with Crippen molar-refractivity contribution in [2.75, 3.05) is 7.11 Å². The summed E-state index contributed by atoms with van der Waals surface area (Å²) in [6.45, 7) is 2.66. The molecule has 15 heavy (non-hydrogen) atoms. The first kappa shape index (κ1) is 14.0. The third kappa shape index (κ3) is 4.37. The highest BCUT2D eigenvalue weighted by molar-refractivity contribution is 5.73. The minimum absolute atomic E-state index is 0.402. The molecule has 0 saturated carbocycles. The first-order valence-electron chi connectivity index (χ1n) is 4.55. The van der Waals surface area contributed by atoms with Gasteiger partial charge in [0.1, 0.15) is 12.2 Å². The molecule has 6 nitrogen and oxygen atoms in total. The van der Waals surface area contributed by atoms with Gasteiger partial charge in [-0.05, 0) is 6.92 Å². The largest absolute Gasteiger partial charge is 0.391 e. The van der Waals surface area contributed by atoms with E-state index < -0.39 is 30.3 Å². The summed E-state index contributed by atoms with van der Waals surface area (Å²) in [6.07, 6.45) is -2.92. The van der Waals surface area contributed by atoms with Crippen molar-refractivity contribution in [3.8, 4) is 0 Å². The van der Waals surface area contributed by atoms with Crippen LogP contribution in [0.3, 0.4) is 0 Å². The Bertz CT molecular complexity index is 219. The molecular weight excluding hydrogens is 202 g/mol. The molecule has 4 atom stereocenters. The number of methoxy groups -OCH3 is 1. The maximum absolute atomic E-state index is 10.8. The number of amides is 1. The highest BCUT2D eigenvalue weighted by Gasteiger charge is 2.31. The number of ether oxygens (including phenoxy) is 1. The number of carbonyl (C=O) groups excluding carboxylic acids is 2. The molecule has 1 amide bonds. The van der Waals surface area contributed by atoms with Gasteiger partial charge >= 0.3 is 0 Å². The summed E-state index contributed by atoms with van der Waals surface area (Å²) in [4.78, 5) is 21.3. The van der Waals surface area contributed by atoms with Crippen LogP contribution in [-0.4, -0.2) is 53.9 Å². The Hall–Kier alpha value is -0.980. The van der Waals surface area contributed by atoms with Gasteiger partial charge < -0.3 is 25.1 Å². The summed E-state index contributed by atoms with van der Waals surface area (Å²) in [5.41, 5.74) is 0. The summed E-state index contributed by atoms with van der Waals surface area (Å²) in [5.74, 6) is -0.402. The zero-order valence-corrected chi connectivity index (χ0v) is 9.01. The van der Waals surface area contributed by atoms with E-state index in [2.05, 4.69) is 5.32 Å². The number of nitrogens with one attached hydrogen (secondary N) is 1. The SMILES string of the molecule is CO[C@@H](C=O)[C@@H](O)[C@@H](NC(C)=O)[C@@H](C)O. The molecule has 0 aliphatic carbocycles. The molecule has 0 aliphatic heterocycles. The van der Waals surface area contributed by atoms with Gasteiger partial charge in [-0.1, -0.05) is 0 Å². The fraction of sp³-hybridized carbons (Fsp3) is 0.778. The van der Waals surface area contributed by atoms with E-state index in [1.54, 1.807) is 0 Å². The molecule has 0 radical (unpaired) electrons. The lowest BCUT2D eigenvalue weighted by Gasteiger charge is -2.28. The number of aliphatic hydroxyl groups excluding tert-OH is 2. The first-order chi connectivity index (χ1) is 6.93. The van der Waals surface area contributed by atoms with E-state index in [0.717, 1.165) is 0 Å². The predicted octanol–water partition coefficient (Wildman–Crippen LogP) is -1.55. The Labute approximate surface area is 88.2 Å². The second kappa shape index (κ2) is 6.49. The fourth-order valence-corrected chi connectivity index (χ4v) is 1.21. The van der Waals surface area contributed by atoms with E-state index in [1.807, 2.05) is 0 Å². The minimum Gasteiger partial charge on any atom is -0.391 e. The van der Waals surface area contributed by atoms with Crippen LogP contribution in [0.4, 0.5) is 0 Å². The van der Waals surface area contributed by atoms with Crippen molar-refractivity contribution >= 4 is 12.2 Å². The Balaban J connectivity index is 4.59. The average Bonchev–Trinajstić information content (AvgIpc) is 2.15. The van der Waals surface area contributed by atoms with E-state index in [9.17, 15) is 19.8 Å². The molecule has 0 aromatic rings. The molecule has 0 heterocycles. The summed E-state index contributed by atoms with van der Waals surface area (Å²) in [6, 6.07) is -0.933. The van der Waals surface area contributed by atoms with Crippen molar-refractivity contribution in [2.24, 2.45) is 0 Å². The van der Waals surface area contributed by atoms with Crippen molar-refractivity contribution in [3.05, 3.63) is 0 Å². The number of aldehydes is 1. The monoisotopic (exact) mass is 219 g/mol. The standard InChI is InChI=1S/C9H17NO5/c1-5(12)8(10-6(2)13)9(14)7(4-11)15-3/h4-5,7-9,12,14H,1-3H3,(H,10,13)/t5-,7+,8+,9-/m1/s1. The van der Waals surface area contributed by atoms with Crippen molar-refractivity contribution in [1.29, 1.82) is 0 Å². The van der Waals surface area contributed by atoms with Crippen LogP contribution in [0.5, 0.6) is 0 Å². The lowest BCUT2D eigenvalue weighted by Crippen LogP contribution is -2.54. The second-order valence-electron chi connectivity index (χ2n) is 3.29. The molecule has 0 aliphatic rings. The summed E-state index contributed by atoms with van der Waals surface area (Å²) in [5, 5.41) is 21.3. The summed E-state index contributed by atoms with van der Waals surface area (Å²) >= 11 is 0. The van der Waals surface area contributed by atoms with Gasteiger partial charge in [0.2, 0.25) is 5.91 Å². The van der Waals surface area contributed by atoms with E-state index in [-0.39, 0.29) is 0 Å². The molecule has 0 aromatic heterocycles. The molecular formula is C9H17NO5. The highest BCUT2D eigenvalue weighted by Crippen LogP contribution is 2.06. The number of hydrogen-bond donors (Lipinski definition) is 3. The van der Waals surface area contributed by atoms with Crippen LogP contribution < -0.4 is 5.32 Å². The topological polar surface area (TPSA) is 95.9 Å². The van der Waals surface area contributed by atoms with Gasteiger partial charge in [0.05, 0.1) is 12.1 Å². The van der Waals surface area contributed by atoms with Crippen LogP contribution in [0.1, 0.15) is 13.8 Å². The van der Waals surface area contributed by atoms with Gasteiger partial charge in [-0.25, -0.2) is 0 Å². The Morgan fingerprint density at radius 1 is 1.47 bits per heavy atom. The fourth-order valence-electron chi connectivity index (χ4n) is 1.21. The number of rotatable bonds is 6. The lowest BCUT2D eigenvalue weighted by molar-refractivity contribution is -0.131. The molecule has 0 fully saturated rings. The molecule has 0 rings (SSSR count). The van der Waals surface area contributed by atoms with E-state index in [1.165, 1.54) is 21.0 Å². The first-order valence-corrected chi connectivity index (χ1v) is 4.55. The Morgan fingerprint density at radius 2 is 2.00 bits per heavy atom. The third-order valence-corrected chi connectivity index (χ3v) is 2.00. The second-order valence-corrected chi connectivity index (χ2v) is 3.29. The average molecular weight is 219 g/mol. The van der Waals surface area contributed by atoms with E-state index in [0.29, 0.717) is 6.29 Å². The zero-order chi connectivity index (χ0) is 12.0. The molecule has 0 spiro atoms. The van der Waals surface area contributed by atoms with Gasteiger partial charge in [0, 0.05) is 14.0 Å². The smallest absolute Gasteiger partial charge is 0.217 e. The van der Waals surface area contributed by atoms with Gasteiger partial charge in [0.25, 0.3) is 0 Å². The van der Waals surface area contributed by atoms with Crippen LogP contribution in [0, 0.1) is 0 Å². The lowest BCUT2D eigenvalue weighted by atomic mass is 10.0. The molecule has 0 unspecified atom stereocenters. The van der Waals surface area contributed by atoms with Crippen molar-refractivity contribution in [1.82, 2.24) is 5.32 Å². The van der Waals surface area contributed by atoms with Gasteiger partial charge in [-0.2, -0.15) is 0 Å². The summed E-state index contributed by atoms with van der Waals surface area (Å²) < 4.78 is 4.69. The number of carbonyl (C=O) groups is 2. The summed E-state index contributed by atoms with van der Waals surface area (Å²) in [7, 11) is 1.26. The van der Waals surface area contributed by atoms with Crippen LogP contribution in [0.15, 0.2) is 0 Å². The number of hydrogen-bond acceptors (Lipinski definition) is 5. The van der Waals surface area contributed by atoms with Crippen molar-refractivity contribution in [3.63, 3.8) is 0 Å². The molecule has 88 valence electrons. The van der Waals surface area contributed by atoms with Gasteiger partial charge in [-0.15, -0.1) is 0 Å². The molecule has 0 bridgehead atoms.